The van der Waals surface area contributed by atoms with Crippen LogP contribution in [0.1, 0.15) is 0 Å². The first kappa shape index (κ1) is 25.3. The molecule has 0 bridgehead atoms. The van der Waals surface area contributed by atoms with Gasteiger partial charge < -0.3 is 20.4 Å². The highest BCUT2D eigenvalue weighted by molar-refractivity contribution is 6.46. The molecule has 4 rings (SSSR count). The molecule has 2 aromatic carbocycles. The zero-order valence-electron chi connectivity index (χ0n) is 16.7. The Morgan fingerprint density at radius 3 is 1.00 bits per heavy atom. The molecule has 32 heavy (non-hydrogen) atoms. The Kier molecular flexibility index (Phi) is 10.7. The van der Waals surface area contributed by atoms with E-state index in [1.54, 1.807) is 24.3 Å². The number of carbonyl (C=O) groups excluding carboxylic acids is 4. The summed E-state index contributed by atoms with van der Waals surface area (Å²) < 4.78 is 0. The molecule has 0 saturated carbocycles. The van der Waals surface area contributed by atoms with Crippen molar-refractivity contribution in [2.45, 2.75) is 0 Å². The highest BCUT2D eigenvalue weighted by atomic mass is 16.3. The summed E-state index contributed by atoms with van der Waals surface area (Å²) in [7, 11) is 0. The van der Waals surface area contributed by atoms with E-state index in [4.69, 9.17) is 20.4 Å². The fourth-order valence-electron chi connectivity index (χ4n) is 1.81. The van der Waals surface area contributed by atoms with Gasteiger partial charge in [0.2, 0.25) is 11.6 Å². The number of rotatable bonds is 0. The maximum Gasteiger partial charge on any atom is 0.225 e. The Morgan fingerprint density at radius 2 is 0.750 bits per heavy atom. The summed E-state index contributed by atoms with van der Waals surface area (Å²) >= 11 is 0. The van der Waals surface area contributed by atoms with Gasteiger partial charge in [0, 0.05) is 0 Å². The van der Waals surface area contributed by atoms with Gasteiger partial charge in [0.05, 0.1) is 0 Å². The van der Waals surface area contributed by atoms with Gasteiger partial charge in [-0.1, -0.05) is 24.3 Å². The van der Waals surface area contributed by atoms with Crippen molar-refractivity contribution in [2.24, 2.45) is 0 Å². The van der Waals surface area contributed by atoms with Gasteiger partial charge in [-0.3, -0.25) is 19.2 Å². The van der Waals surface area contributed by atoms with Crippen molar-refractivity contribution in [3.05, 3.63) is 97.1 Å². The number of para-hydroxylation sites is 2. The molecule has 8 nitrogen and oxygen atoms in total. The summed E-state index contributed by atoms with van der Waals surface area (Å²) in [6, 6.07) is 11.9. The Labute approximate surface area is 183 Å². The van der Waals surface area contributed by atoms with Crippen LogP contribution in [-0.2, 0) is 19.2 Å². The van der Waals surface area contributed by atoms with E-state index < -0.39 is 11.6 Å². The number of phenols is 4. The molecule has 0 amide bonds. The summed E-state index contributed by atoms with van der Waals surface area (Å²) in [4.78, 5) is 41.2. The molecule has 0 aliphatic heterocycles. The predicted molar refractivity (Wildman–Crippen MR) is 116 cm³/mol. The maximum absolute atomic E-state index is 10.3. The van der Waals surface area contributed by atoms with Gasteiger partial charge in [0.25, 0.3) is 0 Å². The molecule has 0 atom stereocenters. The van der Waals surface area contributed by atoms with E-state index in [-0.39, 0.29) is 34.6 Å². The normalized spacial score (nSPS) is 13.2. The monoisotopic (exact) mass is 436 g/mol. The molecule has 4 N–H and O–H groups in total. The molecule has 0 aromatic heterocycles. The molecule has 8 heteroatoms. The van der Waals surface area contributed by atoms with E-state index in [1.165, 1.54) is 72.9 Å². The molecule has 164 valence electrons. The second kappa shape index (κ2) is 13.5. The summed E-state index contributed by atoms with van der Waals surface area (Å²) in [5, 5.41) is 34.6. The molecule has 0 radical (unpaired) electrons. The lowest BCUT2D eigenvalue weighted by molar-refractivity contribution is -0.131. The lowest BCUT2D eigenvalue weighted by atomic mass is 10.1. The third kappa shape index (κ3) is 10.7. The zero-order chi connectivity index (χ0) is 23.9. The van der Waals surface area contributed by atoms with E-state index in [0.717, 1.165) is 0 Å². The molecule has 0 heterocycles. The minimum Gasteiger partial charge on any atom is -0.508 e. The van der Waals surface area contributed by atoms with E-state index in [0.29, 0.717) is 0 Å². The van der Waals surface area contributed by atoms with E-state index >= 15 is 0 Å². The maximum atomic E-state index is 10.3. The summed E-state index contributed by atoms with van der Waals surface area (Å²) in [5.74, 6) is -0.931. The Bertz CT molecular complexity index is 971. The fraction of sp³-hybridized carbons (Fsp3) is 0. The second-order valence-corrected chi connectivity index (χ2v) is 5.92. The van der Waals surface area contributed by atoms with Gasteiger partial charge in [0.15, 0.2) is 23.1 Å². The van der Waals surface area contributed by atoms with E-state index in [2.05, 4.69) is 0 Å². The van der Waals surface area contributed by atoms with Crippen LogP contribution in [0.2, 0.25) is 0 Å². The molecular weight excluding hydrogens is 416 g/mol. The molecule has 2 aliphatic carbocycles. The van der Waals surface area contributed by atoms with Gasteiger partial charge in [-0.25, -0.2) is 0 Å². The Morgan fingerprint density at radius 1 is 0.438 bits per heavy atom. The number of ketones is 4. The van der Waals surface area contributed by atoms with Gasteiger partial charge >= 0.3 is 0 Å². The van der Waals surface area contributed by atoms with Crippen LogP contribution in [0.5, 0.6) is 23.0 Å². The minimum absolute atomic E-state index is 0.0764. The largest absolute Gasteiger partial charge is 0.508 e. The first-order valence-corrected chi connectivity index (χ1v) is 9.01. The van der Waals surface area contributed by atoms with Crippen LogP contribution in [0.3, 0.4) is 0 Å². The number of phenolic OH excluding ortho intramolecular Hbond substituents is 4. The van der Waals surface area contributed by atoms with Crippen molar-refractivity contribution in [2.75, 3.05) is 0 Å². The van der Waals surface area contributed by atoms with Crippen LogP contribution in [0, 0.1) is 0 Å². The average Bonchev–Trinajstić information content (AvgIpc) is 2.78. The second-order valence-electron chi connectivity index (χ2n) is 5.92. The number of allylic oxidation sites excluding steroid dienone is 8. The third-order valence-corrected chi connectivity index (χ3v) is 3.40. The first-order valence-electron chi connectivity index (χ1n) is 9.01. The molecule has 0 spiro atoms. The lowest BCUT2D eigenvalue weighted by Crippen LogP contribution is -2.08. The number of hydrogen-bond acceptors (Lipinski definition) is 8. The molecule has 0 unspecified atom stereocenters. The zero-order valence-corrected chi connectivity index (χ0v) is 16.7. The number of aromatic hydroxyl groups is 4. The van der Waals surface area contributed by atoms with Crippen molar-refractivity contribution >= 4 is 23.1 Å². The predicted octanol–water partition coefficient (Wildman–Crippen LogP) is 2.70. The molecular formula is C24H20O8. The van der Waals surface area contributed by atoms with Crippen molar-refractivity contribution < 1.29 is 39.6 Å². The Balaban J connectivity index is 0.000000213. The molecule has 2 aromatic rings. The highest BCUT2D eigenvalue weighted by Crippen LogP contribution is 2.21. The van der Waals surface area contributed by atoms with Crippen molar-refractivity contribution in [1.82, 2.24) is 0 Å². The SMILES string of the molecule is O=C1C=CC(=O)C=C1.O=C1C=CC=CC1=O.Oc1ccc(O)cc1.Oc1ccccc1O. The quantitative estimate of drug-likeness (QED) is 0.162. The van der Waals surface area contributed by atoms with E-state index in [9.17, 15) is 19.2 Å². The standard InChI is InChI=1S/C6H6O2.C6H4O2.C6H6O2.C6H4O2/c2*7-5-1-2-6(8)4-3-5;2*7-5-3-1-2-4-6(5)8/h1-4,7-8H;1-4H;1-4,7-8H;1-4H. The lowest BCUT2D eigenvalue weighted by Gasteiger charge is -1.91. The van der Waals surface area contributed by atoms with E-state index in [1.807, 2.05) is 0 Å². The van der Waals surface area contributed by atoms with Crippen LogP contribution in [-0.4, -0.2) is 43.6 Å². The highest BCUT2D eigenvalue weighted by Gasteiger charge is 2.06. The number of benzene rings is 2. The molecule has 0 saturated heterocycles. The molecule has 0 fully saturated rings. The molecule has 2 aliphatic rings. The van der Waals surface area contributed by atoms with Gasteiger partial charge in [0.1, 0.15) is 11.5 Å². The topological polar surface area (TPSA) is 149 Å². The summed E-state index contributed by atoms with van der Waals surface area (Å²) in [5.41, 5.74) is 0. The Hall–Kier alpha value is -4.72. The first-order chi connectivity index (χ1) is 15.2. The van der Waals surface area contributed by atoms with Crippen LogP contribution >= 0.6 is 0 Å². The van der Waals surface area contributed by atoms with Crippen LogP contribution in [0.4, 0.5) is 0 Å². The summed E-state index contributed by atoms with van der Waals surface area (Å²) in [6.45, 7) is 0. The van der Waals surface area contributed by atoms with Crippen molar-refractivity contribution in [1.29, 1.82) is 0 Å². The summed E-state index contributed by atoms with van der Waals surface area (Å²) in [6.07, 6.45) is 10.6. The number of hydrogen-bond donors (Lipinski definition) is 4. The van der Waals surface area contributed by atoms with Crippen LogP contribution < -0.4 is 0 Å². The van der Waals surface area contributed by atoms with Gasteiger partial charge in [-0.15, -0.1) is 0 Å². The van der Waals surface area contributed by atoms with Crippen molar-refractivity contribution in [3.63, 3.8) is 0 Å². The fourth-order valence-corrected chi connectivity index (χ4v) is 1.81. The smallest absolute Gasteiger partial charge is 0.225 e. The third-order valence-electron chi connectivity index (χ3n) is 3.40. The van der Waals surface area contributed by atoms with Gasteiger partial charge in [-0.2, -0.15) is 0 Å². The minimum atomic E-state index is -0.437. The van der Waals surface area contributed by atoms with Gasteiger partial charge in [-0.05, 0) is 72.9 Å². The average molecular weight is 436 g/mol. The van der Waals surface area contributed by atoms with Crippen LogP contribution in [0.15, 0.2) is 97.1 Å². The van der Waals surface area contributed by atoms with Crippen molar-refractivity contribution in [3.8, 4) is 23.0 Å². The van der Waals surface area contributed by atoms with Crippen LogP contribution in [0.25, 0.3) is 0 Å². The number of carbonyl (C=O) groups is 4.